The molecule has 0 spiro atoms. The summed E-state index contributed by atoms with van der Waals surface area (Å²) < 4.78 is 24.0. The maximum atomic E-state index is 12.0. The summed E-state index contributed by atoms with van der Waals surface area (Å²) in [6.07, 6.45) is 6.17. The number of amides is 1. The molecule has 2 aromatic rings. The molecule has 0 unspecified atom stereocenters. The number of nitrogens with one attached hydrogen (secondary N) is 3. The smallest absolute Gasteiger partial charge is 0.224 e. The predicted molar refractivity (Wildman–Crippen MR) is 113 cm³/mol. The molecule has 3 rings (SSSR count). The van der Waals surface area contributed by atoms with E-state index in [1.165, 1.54) is 19.2 Å². The standard InChI is InChI=1S/C19H24ClN5O3S/c1-12(26)22-13-7-9-14(10-8-13)23-19-21-11-15(20)18(25-19)24-16-5-3-4-6-17(16)29(2,27)28/h3-6,11,13-14H,7-10H2,1-2H3,(H,22,26)(H2,21,23,24,25). The number of para-hydroxylation sites is 1. The highest BCUT2D eigenvalue weighted by molar-refractivity contribution is 7.90. The second kappa shape index (κ2) is 8.96. The first-order valence-corrected chi connectivity index (χ1v) is 11.6. The van der Waals surface area contributed by atoms with Crippen molar-refractivity contribution in [2.24, 2.45) is 0 Å². The summed E-state index contributed by atoms with van der Waals surface area (Å²) in [4.78, 5) is 20.0. The molecule has 156 valence electrons. The van der Waals surface area contributed by atoms with Crippen molar-refractivity contribution < 1.29 is 13.2 Å². The van der Waals surface area contributed by atoms with Gasteiger partial charge in [0.05, 0.1) is 16.8 Å². The Kier molecular flexibility index (Phi) is 6.59. The molecule has 3 N–H and O–H groups in total. The number of anilines is 3. The van der Waals surface area contributed by atoms with Crippen molar-refractivity contribution in [3.8, 4) is 0 Å². The number of nitrogens with zero attached hydrogens (tertiary/aromatic N) is 2. The average molecular weight is 438 g/mol. The molecule has 8 nitrogen and oxygen atoms in total. The van der Waals surface area contributed by atoms with Crippen LogP contribution in [0.15, 0.2) is 35.4 Å². The van der Waals surface area contributed by atoms with Crippen LogP contribution in [0.3, 0.4) is 0 Å². The van der Waals surface area contributed by atoms with Crippen molar-refractivity contribution in [3.63, 3.8) is 0 Å². The van der Waals surface area contributed by atoms with E-state index >= 15 is 0 Å². The zero-order valence-corrected chi connectivity index (χ0v) is 17.8. The maximum Gasteiger partial charge on any atom is 0.224 e. The first-order valence-electron chi connectivity index (χ1n) is 9.34. The highest BCUT2D eigenvalue weighted by Gasteiger charge is 2.22. The highest BCUT2D eigenvalue weighted by Crippen LogP contribution is 2.29. The summed E-state index contributed by atoms with van der Waals surface area (Å²) in [5, 5.41) is 9.54. The molecule has 1 aliphatic rings. The maximum absolute atomic E-state index is 12.0. The Morgan fingerprint density at radius 1 is 1.14 bits per heavy atom. The molecule has 0 radical (unpaired) electrons. The zero-order valence-electron chi connectivity index (χ0n) is 16.3. The van der Waals surface area contributed by atoms with E-state index < -0.39 is 9.84 Å². The lowest BCUT2D eigenvalue weighted by molar-refractivity contribution is -0.119. The molecular weight excluding hydrogens is 414 g/mol. The van der Waals surface area contributed by atoms with Gasteiger partial charge in [-0.15, -0.1) is 0 Å². The van der Waals surface area contributed by atoms with E-state index in [1.807, 2.05) is 0 Å². The second-order valence-electron chi connectivity index (χ2n) is 7.18. The van der Waals surface area contributed by atoms with Crippen LogP contribution in [-0.4, -0.2) is 42.6 Å². The molecule has 1 aromatic heterocycles. The molecule has 1 amide bonds. The molecule has 29 heavy (non-hydrogen) atoms. The summed E-state index contributed by atoms with van der Waals surface area (Å²) >= 11 is 6.22. The van der Waals surface area contributed by atoms with Gasteiger partial charge in [-0.2, -0.15) is 4.98 Å². The van der Waals surface area contributed by atoms with Crippen LogP contribution < -0.4 is 16.0 Å². The minimum absolute atomic E-state index is 0.00691. The third-order valence-electron chi connectivity index (χ3n) is 4.75. The third kappa shape index (κ3) is 5.80. The van der Waals surface area contributed by atoms with E-state index in [1.54, 1.807) is 18.2 Å². The summed E-state index contributed by atoms with van der Waals surface area (Å²) in [7, 11) is -3.41. The number of aromatic nitrogens is 2. The summed E-state index contributed by atoms with van der Waals surface area (Å²) in [5.41, 5.74) is 0.400. The number of carbonyl (C=O) groups excluding carboxylic acids is 1. The van der Waals surface area contributed by atoms with Crippen LogP contribution in [0.25, 0.3) is 0 Å². The largest absolute Gasteiger partial charge is 0.354 e. The lowest BCUT2D eigenvalue weighted by Crippen LogP contribution is -2.39. The topological polar surface area (TPSA) is 113 Å². The number of hydrogen-bond donors (Lipinski definition) is 3. The summed E-state index contributed by atoms with van der Waals surface area (Å²) in [5.74, 6) is 0.733. The molecule has 1 aliphatic carbocycles. The first-order chi connectivity index (χ1) is 13.7. The fourth-order valence-corrected chi connectivity index (χ4v) is 4.38. The van der Waals surface area contributed by atoms with Gasteiger partial charge in [0.1, 0.15) is 5.02 Å². The van der Waals surface area contributed by atoms with Gasteiger partial charge < -0.3 is 16.0 Å². The minimum atomic E-state index is -3.41. The molecule has 0 saturated heterocycles. The number of sulfone groups is 1. The van der Waals surface area contributed by atoms with Crippen LogP contribution in [-0.2, 0) is 14.6 Å². The molecule has 1 aromatic carbocycles. The molecule has 0 atom stereocenters. The molecule has 10 heteroatoms. The Hall–Kier alpha value is -2.39. The van der Waals surface area contributed by atoms with Crippen molar-refractivity contribution in [2.75, 3.05) is 16.9 Å². The van der Waals surface area contributed by atoms with E-state index in [0.717, 1.165) is 31.9 Å². The molecule has 1 heterocycles. The van der Waals surface area contributed by atoms with Gasteiger partial charge in [0.25, 0.3) is 0 Å². The Balaban J connectivity index is 1.71. The Morgan fingerprint density at radius 3 is 2.45 bits per heavy atom. The van der Waals surface area contributed by atoms with Gasteiger partial charge in [-0.1, -0.05) is 23.7 Å². The van der Waals surface area contributed by atoms with Gasteiger partial charge in [0.15, 0.2) is 15.7 Å². The predicted octanol–water partition coefficient (Wildman–Crippen LogP) is 3.14. The van der Waals surface area contributed by atoms with Crippen LogP contribution in [0, 0.1) is 0 Å². The fraction of sp³-hybridized carbons (Fsp3) is 0.421. The van der Waals surface area contributed by atoms with Gasteiger partial charge in [0, 0.05) is 25.3 Å². The van der Waals surface area contributed by atoms with Crippen LogP contribution in [0.2, 0.25) is 5.02 Å². The van der Waals surface area contributed by atoms with Crippen LogP contribution in [0.1, 0.15) is 32.6 Å². The molecule has 1 fully saturated rings. The van der Waals surface area contributed by atoms with Crippen LogP contribution in [0.5, 0.6) is 0 Å². The Morgan fingerprint density at radius 2 is 1.79 bits per heavy atom. The van der Waals surface area contributed by atoms with E-state index in [4.69, 9.17) is 11.6 Å². The summed E-state index contributed by atoms with van der Waals surface area (Å²) in [6, 6.07) is 6.98. The van der Waals surface area contributed by atoms with Gasteiger partial charge in [0.2, 0.25) is 11.9 Å². The minimum Gasteiger partial charge on any atom is -0.354 e. The molecule has 1 saturated carbocycles. The molecular formula is C19H24ClN5O3S. The van der Waals surface area contributed by atoms with Gasteiger partial charge in [-0.25, -0.2) is 13.4 Å². The lowest BCUT2D eigenvalue weighted by atomic mass is 9.91. The van der Waals surface area contributed by atoms with E-state index in [2.05, 4.69) is 25.9 Å². The molecule has 0 aliphatic heterocycles. The lowest BCUT2D eigenvalue weighted by Gasteiger charge is -2.29. The second-order valence-corrected chi connectivity index (χ2v) is 9.57. The van der Waals surface area contributed by atoms with Crippen molar-refractivity contribution >= 4 is 44.8 Å². The van der Waals surface area contributed by atoms with Gasteiger partial charge >= 0.3 is 0 Å². The van der Waals surface area contributed by atoms with Crippen molar-refractivity contribution in [1.82, 2.24) is 15.3 Å². The van der Waals surface area contributed by atoms with E-state index in [-0.39, 0.29) is 27.9 Å². The third-order valence-corrected chi connectivity index (χ3v) is 6.18. The average Bonchev–Trinajstić information content (AvgIpc) is 2.65. The first kappa shape index (κ1) is 21.3. The van der Waals surface area contributed by atoms with Crippen molar-refractivity contribution in [3.05, 3.63) is 35.5 Å². The van der Waals surface area contributed by atoms with Crippen molar-refractivity contribution in [2.45, 2.75) is 49.6 Å². The quantitative estimate of drug-likeness (QED) is 0.636. The highest BCUT2D eigenvalue weighted by atomic mass is 35.5. The number of halogens is 1. The van der Waals surface area contributed by atoms with Gasteiger partial charge in [-0.05, 0) is 37.8 Å². The van der Waals surface area contributed by atoms with Crippen molar-refractivity contribution in [1.29, 1.82) is 0 Å². The van der Waals surface area contributed by atoms with E-state index in [9.17, 15) is 13.2 Å². The SMILES string of the molecule is CC(=O)NC1CCC(Nc2ncc(Cl)c(Nc3ccccc3S(C)(=O)=O)n2)CC1. The monoisotopic (exact) mass is 437 g/mol. The van der Waals surface area contributed by atoms with E-state index in [0.29, 0.717) is 17.5 Å². The normalized spacial score (nSPS) is 19.4. The number of benzene rings is 1. The van der Waals surface area contributed by atoms with Gasteiger partial charge in [-0.3, -0.25) is 4.79 Å². The number of carbonyl (C=O) groups is 1. The Bertz CT molecular complexity index is 991. The zero-order chi connectivity index (χ0) is 21.0. The Labute approximate surface area is 175 Å². The summed E-state index contributed by atoms with van der Waals surface area (Å²) in [6.45, 7) is 1.53. The molecule has 0 bridgehead atoms. The fourth-order valence-electron chi connectivity index (χ4n) is 3.40. The number of rotatable bonds is 6. The van der Waals surface area contributed by atoms with Crippen LogP contribution >= 0.6 is 11.6 Å². The number of hydrogen-bond acceptors (Lipinski definition) is 7. The van der Waals surface area contributed by atoms with Crippen LogP contribution in [0.4, 0.5) is 17.5 Å².